The quantitative estimate of drug-likeness (QED) is 0.510. The summed E-state index contributed by atoms with van der Waals surface area (Å²) in [4.78, 5) is 0. The summed E-state index contributed by atoms with van der Waals surface area (Å²) >= 11 is 0. The third kappa shape index (κ3) is 9.04. The zero-order chi connectivity index (χ0) is 0. The molecule has 27 valence electrons. The van der Waals surface area contributed by atoms with Crippen molar-refractivity contribution in [3.63, 3.8) is 0 Å². The minimum absolute atomic E-state index is 0. The zero-order valence-electron chi connectivity index (χ0n) is 1.67. The Morgan fingerprint density at radius 2 is 1.00 bits per heavy atom. The van der Waals surface area contributed by atoms with Crippen LogP contribution in [0.3, 0.4) is 0 Å². The molecule has 0 saturated carbocycles. The van der Waals surface area contributed by atoms with Crippen LogP contribution in [-0.4, -0.2) is 34.6 Å². The minimum atomic E-state index is 0. The molecular weight excluding hydrogens is 337 g/mol. The maximum Gasteiger partial charge on any atom is 0 e. The van der Waals surface area contributed by atoms with Crippen LogP contribution in [0, 0.1) is 0 Å². The van der Waals surface area contributed by atoms with Gasteiger partial charge in [0.1, 0.15) is 0 Å². The van der Waals surface area contributed by atoms with Gasteiger partial charge >= 0.3 is 0 Å². The smallest absolute Gasteiger partial charge is 0 e. The van der Waals surface area contributed by atoms with Crippen LogP contribution in [0.1, 0.15) is 0 Å². The Kier molecular flexibility index (Phi) is 195. The molecule has 7 radical (unpaired) electrons. The molecule has 0 aromatic rings. The Hall–Kier alpha value is 1.95. The first-order valence-corrected chi connectivity index (χ1v) is 0. The second-order valence-electron chi connectivity index (χ2n) is 0. The second-order valence-corrected chi connectivity index (χ2v) is 0. The number of rotatable bonds is 0. The first kappa shape index (κ1) is 38.4. The van der Waals surface area contributed by atoms with Gasteiger partial charge in [-0.3, -0.25) is 0 Å². The van der Waals surface area contributed by atoms with Crippen LogP contribution in [0.25, 0.3) is 0 Å². The van der Waals surface area contributed by atoms with Crippen molar-refractivity contribution in [3.05, 3.63) is 0 Å². The van der Waals surface area contributed by atoms with Gasteiger partial charge in [0.05, 0.1) is 0 Å². The van der Waals surface area contributed by atoms with Gasteiger partial charge in [0.15, 0.2) is 0 Å². The predicted molar refractivity (Wildman–Crippen MR) is 11.5 cm³/mol. The maximum atomic E-state index is 0. The second kappa shape index (κ2) is 20.3. The minimum Gasteiger partial charge on any atom is 0 e. The first-order valence-electron chi connectivity index (χ1n) is 0. The van der Waals surface area contributed by atoms with Gasteiger partial charge in [0, 0.05) is 67.9 Å². The summed E-state index contributed by atoms with van der Waals surface area (Å²) < 4.78 is 0. The van der Waals surface area contributed by atoms with Crippen molar-refractivity contribution < 1.29 is 33.3 Å². The van der Waals surface area contributed by atoms with Gasteiger partial charge < -0.3 is 0 Å². The van der Waals surface area contributed by atoms with Crippen LogP contribution in [0.4, 0.5) is 0 Å². The van der Waals surface area contributed by atoms with Gasteiger partial charge in [-0.25, -0.2) is 0 Å². The van der Waals surface area contributed by atoms with Crippen LogP contribution in [0.2, 0.25) is 0 Å². The van der Waals surface area contributed by atoms with Gasteiger partial charge in [-0.15, -0.1) is 0 Å². The molecule has 4 heavy (non-hydrogen) atoms. The molecule has 0 saturated heterocycles. The van der Waals surface area contributed by atoms with E-state index in [1.165, 1.54) is 0 Å². The molecule has 4 heteroatoms. The van der Waals surface area contributed by atoms with Gasteiger partial charge in [0.2, 0.25) is 0 Å². The fourth-order valence-electron chi connectivity index (χ4n) is 0. The van der Waals surface area contributed by atoms with Gasteiger partial charge in [-0.1, -0.05) is 0 Å². The summed E-state index contributed by atoms with van der Waals surface area (Å²) in [5.41, 5.74) is 0. The van der Waals surface area contributed by atoms with Crippen molar-refractivity contribution in [1.29, 1.82) is 0 Å². The van der Waals surface area contributed by atoms with Gasteiger partial charge in [-0.05, 0) is 0 Å². The molecule has 0 N–H and O–H groups in total. The van der Waals surface area contributed by atoms with Crippen molar-refractivity contribution in [1.82, 2.24) is 0 Å². The molecule has 0 spiro atoms. The van der Waals surface area contributed by atoms with Crippen LogP contribution >= 0.6 is 0 Å². The molecule has 0 aromatic carbocycles. The summed E-state index contributed by atoms with van der Waals surface area (Å²) in [6, 6.07) is 0. The van der Waals surface area contributed by atoms with Crippen molar-refractivity contribution in [3.8, 4) is 0 Å². The van der Waals surface area contributed by atoms with Crippen LogP contribution in [0.5, 0.6) is 0 Å². The standard InChI is InChI=1S/B.Bi.Co.Ni. The van der Waals surface area contributed by atoms with E-state index in [0.717, 1.165) is 0 Å². The molecule has 0 aliphatic carbocycles. The molecule has 0 heterocycles. The number of hydrogen-bond acceptors (Lipinski definition) is 0. The van der Waals surface area contributed by atoms with E-state index in [-0.39, 0.29) is 67.9 Å². The predicted octanol–water partition coefficient (Wildman–Crippen LogP) is -0.767. The van der Waals surface area contributed by atoms with Crippen molar-refractivity contribution in [2.24, 2.45) is 0 Å². The first-order chi connectivity index (χ1) is 0. The van der Waals surface area contributed by atoms with Gasteiger partial charge in [-0.2, -0.15) is 0 Å². The normalized spacial score (nSPS) is 0. The molecule has 0 bridgehead atoms. The molecule has 0 aliphatic heterocycles. The largest absolute Gasteiger partial charge is 0 e. The summed E-state index contributed by atoms with van der Waals surface area (Å²) in [6.45, 7) is 0. The van der Waals surface area contributed by atoms with Crippen molar-refractivity contribution >= 4 is 34.6 Å². The molecule has 0 amide bonds. The van der Waals surface area contributed by atoms with E-state index in [9.17, 15) is 0 Å². The van der Waals surface area contributed by atoms with Crippen molar-refractivity contribution in [2.45, 2.75) is 0 Å². The molecule has 0 nitrogen and oxygen atoms in total. The van der Waals surface area contributed by atoms with E-state index < -0.39 is 0 Å². The monoisotopic (exact) mass is 337 g/mol. The Bertz CT molecular complexity index is 8.00. The average molecular weight is 337 g/mol. The van der Waals surface area contributed by atoms with E-state index in [4.69, 9.17) is 0 Å². The summed E-state index contributed by atoms with van der Waals surface area (Å²) in [7, 11) is 0. The summed E-state index contributed by atoms with van der Waals surface area (Å²) in [6.07, 6.45) is 0. The molecule has 0 aliphatic rings. The third-order valence-corrected chi connectivity index (χ3v) is 0. The Labute approximate surface area is 67.3 Å². The van der Waals surface area contributed by atoms with E-state index in [0.29, 0.717) is 0 Å². The number of hydrogen-bond donors (Lipinski definition) is 0. The van der Waals surface area contributed by atoms with E-state index in [2.05, 4.69) is 0 Å². The molecule has 0 unspecified atom stereocenters. The van der Waals surface area contributed by atoms with Crippen molar-refractivity contribution in [2.75, 3.05) is 0 Å². The summed E-state index contributed by atoms with van der Waals surface area (Å²) in [5, 5.41) is 0. The molecule has 0 rings (SSSR count). The Morgan fingerprint density at radius 1 is 1.00 bits per heavy atom. The van der Waals surface area contributed by atoms with Gasteiger partial charge in [0.25, 0.3) is 0 Å². The molecular formula is BBiCoNi. The SMILES string of the molecule is [B].[Bi].[Co].[Ni]. The Balaban J connectivity index is 0. The average Bonchev–Trinajstić information content (AvgIpc) is 0. The molecule has 0 fully saturated rings. The zero-order valence-corrected chi connectivity index (χ0v) is 7.18. The topological polar surface area (TPSA) is 0 Å². The maximum absolute atomic E-state index is 0. The van der Waals surface area contributed by atoms with Crippen LogP contribution < -0.4 is 0 Å². The molecule has 0 aromatic heterocycles. The van der Waals surface area contributed by atoms with Crippen LogP contribution in [0.15, 0.2) is 0 Å². The van der Waals surface area contributed by atoms with Crippen LogP contribution in [-0.2, 0) is 33.3 Å². The Morgan fingerprint density at radius 3 is 1.00 bits per heavy atom. The van der Waals surface area contributed by atoms with E-state index in [1.807, 2.05) is 0 Å². The third-order valence-electron chi connectivity index (χ3n) is 0. The van der Waals surface area contributed by atoms with E-state index >= 15 is 0 Å². The van der Waals surface area contributed by atoms with E-state index in [1.54, 1.807) is 0 Å². The summed E-state index contributed by atoms with van der Waals surface area (Å²) in [5.74, 6) is 0. The molecule has 0 atom stereocenters. The fraction of sp³-hybridized carbons (Fsp3) is 0. The fourth-order valence-corrected chi connectivity index (χ4v) is 0.